The average Bonchev–Trinajstić information content (AvgIpc) is 3.23. The lowest BCUT2D eigenvalue weighted by Crippen LogP contribution is -2.36. The van der Waals surface area contributed by atoms with Gasteiger partial charge in [0, 0.05) is 11.1 Å². The number of rotatable bonds is 4. The fourth-order valence-corrected chi connectivity index (χ4v) is 3.56. The topological polar surface area (TPSA) is 46.9 Å². The van der Waals surface area contributed by atoms with E-state index in [9.17, 15) is 4.79 Å². The Kier molecular flexibility index (Phi) is 4.53. The first-order valence-corrected chi connectivity index (χ1v) is 8.78. The van der Waals surface area contributed by atoms with E-state index in [1.807, 2.05) is 48.0 Å². The van der Waals surface area contributed by atoms with Gasteiger partial charge in [-0.3, -0.25) is 4.79 Å². The average molecular weight is 339 g/mol. The van der Waals surface area contributed by atoms with E-state index in [-0.39, 0.29) is 17.4 Å². The molecular weight excluding hydrogens is 318 g/mol. The molecule has 0 aliphatic carbocycles. The molecule has 124 valence electrons. The maximum Gasteiger partial charge on any atom is 0.272 e. The molecule has 1 atom stereocenters. The Labute approximate surface area is 146 Å². The molecule has 1 amide bonds. The summed E-state index contributed by atoms with van der Waals surface area (Å²) in [6.07, 6.45) is 1.81. The van der Waals surface area contributed by atoms with Crippen molar-refractivity contribution in [3.05, 3.63) is 70.7 Å². The lowest BCUT2D eigenvalue weighted by atomic mass is 9.85. The number of para-hydroxylation sites is 1. The van der Waals surface area contributed by atoms with Crippen LogP contribution in [0.4, 0.5) is 0 Å². The van der Waals surface area contributed by atoms with Gasteiger partial charge in [0.05, 0.1) is 11.7 Å². The number of aromatic nitrogens is 2. The second-order valence-corrected chi connectivity index (χ2v) is 7.75. The number of nitrogens with one attached hydrogen (secondary N) is 1. The first-order chi connectivity index (χ1) is 11.4. The lowest BCUT2D eigenvalue weighted by Gasteiger charge is -2.30. The fraction of sp³-hybridized carbons (Fsp3) is 0.263. The largest absolute Gasteiger partial charge is 0.342 e. The highest BCUT2D eigenvalue weighted by Gasteiger charge is 2.29. The summed E-state index contributed by atoms with van der Waals surface area (Å²) in [6, 6.07) is 15.5. The van der Waals surface area contributed by atoms with Crippen LogP contribution in [0, 0.1) is 5.41 Å². The van der Waals surface area contributed by atoms with Gasteiger partial charge in [-0.25, -0.2) is 4.68 Å². The molecule has 0 saturated carbocycles. The van der Waals surface area contributed by atoms with Gasteiger partial charge in [0.25, 0.3) is 5.91 Å². The summed E-state index contributed by atoms with van der Waals surface area (Å²) in [5.74, 6) is -0.155. The van der Waals surface area contributed by atoms with Crippen LogP contribution < -0.4 is 5.32 Å². The van der Waals surface area contributed by atoms with E-state index < -0.39 is 0 Å². The molecule has 5 heteroatoms. The number of amides is 1. The van der Waals surface area contributed by atoms with E-state index >= 15 is 0 Å². The van der Waals surface area contributed by atoms with Crippen molar-refractivity contribution in [2.24, 2.45) is 5.41 Å². The predicted molar refractivity (Wildman–Crippen MR) is 97.5 cm³/mol. The number of carbonyl (C=O) groups excluding carboxylic acids is 1. The summed E-state index contributed by atoms with van der Waals surface area (Å²) in [5.41, 5.74) is 1.27. The number of thiophene rings is 1. The van der Waals surface area contributed by atoms with Crippen molar-refractivity contribution in [3.8, 4) is 5.69 Å². The van der Waals surface area contributed by atoms with Crippen LogP contribution in [0.15, 0.2) is 60.1 Å². The number of carbonyl (C=O) groups is 1. The molecule has 0 radical (unpaired) electrons. The summed E-state index contributed by atoms with van der Waals surface area (Å²) >= 11 is 1.66. The van der Waals surface area contributed by atoms with Crippen LogP contribution in [0.25, 0.3) is 5.69 Å². The summed E-state index contributed by atoms with van der Waals surface area (Å²) < 4.78 is 1.71. The molecule has 1 aromatic carbocycles. The molecule has 3 aromatic rings. The highest BCUT2D eigenvalue weighted by atomic mass is 32.1. The van der Waals surface area contributed by atoms with Crippen molar-refractivity contribution in [1.29, 1.82) is 0 Å². The molecule has 2 heterocycles. The fourth-order valence-electron chi connectivity index (χ4n) is 2.54. The molecular formula is C19H21N3OS. The third kappa shape index (κ3) is 3.57. The molecule has 0 bridgehead atoms. The van der Waals surface area contributed by atoms with Crippen LogP contribution in [-0.4, -0.2) is 15.7 Å². The predicted octanol–water partition coefficient (Wildman–Crippen LogP) is 4.45. The van der Waals surface area contributed by atoms with Crippen LogP contribution in [0.3, 0.4) is 0 Å². The van der Waals surface area contributed by atoms with Crippen molar-refractivity contribution in [3.63, 3.8) is 0 Å². The van der Waals surface area contributed by atoms with E-state index in [1.165, 1.54) is 0 Å². The second kappa shape index (κ2) is 6.61. The van der Waals surface area contributed by atoms with Gasteiger partial charge in [0.1, 0.15) is 0 Å². The normalized spacial score (nSPS) is 12.8. The maximum absolute atomic E-state index is 12.7. The zero-order valence-electron chi connectivity index (χ0n) is 14.1. The van der Waals surface area contributed by atoms with E-state index in [1.54, 1.807) is 22.1 Å². The van der Waals surface area contributed by atoms with Gasteiger partial charge < -0.3 is 5.32 Å². The Bertz CT molecular complexity index is 801. The van der Waals surface area contributed by atoms with Gasteiger partial charge in [-0.05, 0) is 35.1 Å². The molecule has 0 spiro atoms. The van der Waals surface area contributed by atoms with E-state index in [4.69, 9.17) is 0 Å². The molecule has 0 aliphatic rings. The molecule has 0 aliphatic heterocycles. The molecule has 0 unspecified atom stereocenters. The van der Waals surface area contributed by atoms with Crippen LogP contribution >= 0.6 is 11.3 Å². The van der Waals surface area contributed by atoms with Gasteiger partial charge in [-0.15, -0.1) is 11.3 Å². The van der Waals surface area contributed by atoms with Crippen LogP contribution in [0.2, 0.25) is 0 Å². The SMILES string of the molecule is CC(C)(C)[C@H](NC(=O)c1ccn(-c2ccccc2)n1)c1cccs1. The Morgan fingerprint density at radius 3 is 2.50 bits per heavy atom. The molecule has 1 N–H and O–H groups in total. The van der Waals surface area contributed by atoms with E-state index in [2.05, 4.69) is 37.3 Å². The number of nitrogens with zero attached hydrogens (tertiary/aromatic N) is 2. The zero-order valence-corrected chi connectivity index (χ0v) is 14.9. The Morgan fingerprint density at radius 2 is 1.88 bits per heavy atom. The first kappa shape index (κ1) is 16.5. The van der Waals surface area contributed by atoms with Gasteiger partial charge in [0.2, 0.25) is 0 Å². The third-order valence-electron chi connectivity index (χ3n) is 3.81. The summed E-state index contributed by atoms with van der Waals surface area (Å²) in [7, 11) is 0. The Hall–Kier alpha value is -2.40. The monoisotopic (exact) mass is 339 g/mol. The van der Waals surface area contributed by atoms with Crippen LogP contribution in [0.1, 0.15) is 42.2 Å². The molecule has 24 heavy (non-hydrogen) atoms. The van der Waals surface area contributed by atoms with Crippen molar-refractivity contribution < 1.29 is 4.79 Å². The van der Waals surface area contributed by atoms with Gasteiger partial charge in [-0.2, -0.15) is 5.10 Å². The van der Waals surface area contributed by atoms with Crippen molar-refractivity contribution >= 4 is 17.2 Å². The van der Waals surface area contributed by atoms with Gasteiger partial charge in [0.15, 0.2) is 5.69 Å². The standard InChI is InChI=1S/C19H21N3OS/c1-19(2,3)17(16-10-7-13-24-16)20-18(23)15-11-12-22(21-15)14-8-5-4-6-9-14/h4-13,17H,1-3H3,(H,20,23)/t17-/m1/s1. The Morgan fingerprint density at radius 1 is 1.12 bits per heavy atom. The molecule has 3 rings (SSSR count). The maximum atomic E-state index is 12.7. The highest BCUT2D eigenvalue weighted by molar-refractivity contribution is 7.10. The smallest absolute Gasteiger partial charge is 0.272 e. The lowest BCUT2D eigenvalue weighted by molar-refractivity contribution is 0.0898. The third-order valence-corrected chi connectivity index (χ3v) is 4.75. The summed E-state index contributed by atoms with van der Waals surface area (Å²) in [6.45, 7) is 6.38. The van der Waals surface area contributed by atoms with Crippen molar-refractivity contribution in [2.45, 2.75) is 26.8 Å². The quantitative estimate of drug-likeness (QED) is 0.763. The minimum atomic E-state index is -0.155. The molecule has 0 fully saturated rings. The zero-order chi connectivity index (χ0) is 17.2. The van der Waals surface area contributed by atoms with Crippen LogP contribution in [-0.2, 0) is 0 Å². The number of benzene rings is 1. The number of hydrogen-bond donors (Lipinski definition) is 1. The summed E-state index contributed by atoms with van der Waals surface area (Å²) in [4.78, 5) is 13.8. The minimum absolute atomic E-state index is 0.0492. The molecule has 4 nitrogen and oxygen atoms in total. The number of hydrogen-bond acceptors (Lipinski definition) is 3. The summed E-state index contributed by atoms with van der Waals surface area (Å²) in [5, 5.41) is 9.57. The van der Waals surface area contributed by atoms with Crippen LogP contribution in [0.5, 0.6) is 0 Å². The van der Waals surface area contributed by atoms with E-state index in [0.29, 0.717) is 5.69 Å². The Balaban J connectivity index is 1.80. The highest BCUT2D eigenvalue weighted by Crippen LogP contribution is 2.35. The second-order valence-electron chi connectivity index (χ2n) is 6.77. The molecule has 2 aromatic heterocycles. The van der Waals surface area contributed by atoms with Gasteiger partial charge >= 0.3 is 0 Å². The van der Waals surface area contributed by atoms with Crippen molar-refractivity contribution in [2.75, 3.05) is 0 Å². The minimum Gasteiger partial charge on any atom is -0.342 e. The van der Waals surface area contributed by atoms with Gasteiger partial charge in [-0.1, -0.05) is 45.0 Å². The first-order valence-electron chi connectivity index (χ1n) is 7.90. The van der Waals surface area contributed by atoms with E-state index in [0.717, 1.165) is 10.6 Å². The van der Waals surface area contributed by atoms with Crippen molar-refractivity contribution in [1.82, 2.24) is 15.1 Å². The molecule has 0 saturated heterocycles.